The second-order valence-electron chi connectivity index (χ2n) is 3.14. The molecule has 2 rings (SSSR count). The standard InChI is InChI=1S/C10H11NO/c1-8-4-5-9(12)10(8)11-6-2-3-7-11/h2-3,6-7H,4-5H2,1H3. The van der Waals surface area contributed by atoms with E-state index < -0.39 is 0 Å². The number of hydrogen-bond donors (Lipinski definition) is 0. The highest BCUT2D eigenvalue weighted by molar-refractivity contribution is 6.18. The average Bonchev–Trinajstić information content (AvgIpc) is 2.61. The number of carbonyl (C=O) groups excluding carboxylic acids is 1. The van der Waals surface area contributed by atoms with Crippen LogP contribution in [0, 0.1) is 0 Å². The van der Waals surface area contributed by atoms with Crippen molar-refractivity contribution in [3.05, 3.63) is 30.1 Å². The van der Waals surface area contributed by atoms with E-state index in [0.717, 1.165) is 12.1 Å². The van der Waals surface area contributed by atoms with Crippen molar-refractivity contribution in [2.45, 2.75) is 19.8 Å². The van der Waals surface area contributed by atoms with Gasteiger partial charge in [-0.15, -0.1) is 0 Å². The maximum Gasteiger partial charge on any atom is 0.179 e. The molecule has 0 unspecified atom stereocenters. The summed E-state index contributed by atoms with van der Waals surface area (Å²) in [6.07, 6.45) is 5.44. The minimum Gasteiger partial charge on any atom is -0.321 e. The second-order valence-corrected chi connectivity index (χ2v) is 3.14. The fraction of sp³-hybridized carbons (Fsp3) is 0.300. The Bertz CT molecular complexity index is 333. The molecule has 0 saturated heterocycles. The molecule has 0 amide bonds. The van der Waals surface area contributed by atoms with Crippen LogP contribution in [0.4, 0.5) is 0 Å². The molecule has 2 heteroatoms. The first-order valence-electron chi connectivity index (χ1n) is 4.15. The largest absolute Gasteiger partial charge is 0.321 e. The molecule has 0 atom stereocenters. The summed E-state index contributed by atoms with van der Waals surface area (Å²) in [5, 5.41) is 0. The molecule has 0 spiro atoms. The third kappa shape index (κ3) is 0.998. The number of nitrogens with zero attached hydrogens (tertiary/aromatic N) is 1. The molecule has 0 saturated carbocycles. The number of hydrogen-bond acceptors (Lipinski definition) is 1. The van der Waals surface area contributed by atoms with Crippen LogP contribution in [0.1, 0.15) is 19.8 Å². The Morgan fingerprint density at radius 1 is 1.25 bits per heavy atom. The van der Waals surface area contributed by atoms with Crippen molar-refractivity contribution in [1.29, 1.82) is 0 Å². The topological polar surface area (TPSA) is 22.0 Å². The normalized spacial score (nSPS) is 17.6. The Hall–Kier alpha value is -1.31. The quantitative estimate of drug-likeness (QED) is 0.618. The van der Waals surface area contributed by atoms with Crippen LogP contribution in [0.2, 0.25) is 0 Å². The van der Waals surface area contributed by atoms with E-state index in [-0.39, 0.29) is 5.78 Å². The van der Waals surface area contributed by atoms with Gasteiger partial charge in [0.05, 0.1) is 5.70 Å². The van der Waals surface area contributed by atoms with E-state index >= 15 is 0 Å². The molecule has 0 radical (unpaired) electrons. The van der Waals surface area contributed by atoms with Crippen LogP contribution in [-0.4, -0.2) is 10.4 Å². The summed E-state index contributed by atoms with van der Waals surface area (Å²) in [6.45, 7) is 2.03. The van der Waals surface area contributed by atoms with Gasteiger partial charge in [0.25, 0.3) is 0 Å². The summed E-state index contributed by atoms with van der Waals surface area (Å²) in [5.74, 6) is 0.267. The SMILES string of the molecule is CC1=C(n2cccc2)C(=O)CC1. The molecule has 1 aromatic heterocycles. The lowest BCUT2D eigenvalue weighted by atomic mass is 10.2. The number of carbonyl (C=O) groups is 1. The molecular formula is C10H11NO. The molecule has 1 aliphatic rings. The first kappa shape index (κ1) is 7.35. The first-order valence-corrected chi connectivity index (χ1v) is 4.15. The van der Waals surface area contributed by atoms with Crippen LogP contribution < -0.4 is 0 Å². The molecule has 0 aliphatic heterocycles. The van der Waals surface area contributed by atoms with E-state index in [1.54, 1.807) is 0 Å². The van der Waals surface area contributed by atoms with Crippen molar-refractivity contribution in [2.24, 2.45) is 0 Å². The lowest BCUT2D eigenvalue weighted by molar-refractivity contribution is -0.113. The van der Waals surface area contributed by atoms with Crippen LogP contribution in [0.3, 0.4) is 0 Å². The van der Waals surface area contributed by atoms with Gasteiger partial charge in [-0.05, 0) is 31.1 Å². The van der Waals surface area contributed by atoms with Crippen molar-refractivity contribution in [3.63, 3.8) is 0 Å². The lowest BCUT2D eigenvalue weighted by Gasteiger charge is -2.02. The number of rotatable bonds is 1. The Balaban J connectivity index is 2.47. The van der Waals surface area contributed by atoms with E-state index in [1.165, 1.54) is 5.57 Å². The number of aromatic nitrogens is 1. The molecule has 1 aliphatic carbocycles. The van der Waals surface area contributed by atoms with E-state index in [9.17, 15) is 4.79 Å². The highest BCUT2D eigenvalue weighted by Gasteiger charge is 2.20. The van der Waals surface area contributed by atoms with Gasteiger partial charge in [-0.25, -0.2) is 0 Å². The van der Waals surface area contributed by atoms with Gasteiger partial charge in [-0.2, -0.15) is 0 Å². The highest BCUT2D eigenvalue weighted by atomic mass is 16.1. The third-order valence-corrected chi connectivity index (χ3v) is 2.26. The van der Waals surface area contributed by atoms with Gasteiger partial charge in [-0.1, -0.05) is 0 Å². The van der Waals surface area contributed by atoms with Gasteiger partial charge >= 0.3 is 0 Å². The highest BCUT2D eigenvalue weighted by Crippen LogP contribution is 2.25. The van der Waals surface area contributed by atoms with Crippen molar-refractivity contribution in [1.82, 2.24) is 4.57 Å². The second kappa shape index (κ2) is 2.63. The van der Waals surface area contributed by atoms with Gasteiger partial charge in [0.1, 0.15) is 0 Å². The molecule has 62 valence electrons. The van der Waals surface area contributed by atoms with Gasteiger partial charge in [0.2, 0.25) is 0 Å². The van der Waals surface area contributed by atoms with Crippen molar-refractivity contribution in [2.75, 3.05) is 0 Å². The van der Waals surface area contributed by atoms with Gasteiger partial charge in [-0.3, -0.25) is 4.79 Å². The Morgan fingerprint density at radius 3 is 2.42 bits per heavy atom. The summed E-state index contributed by atoms with van der Waals surface area (Å²) in [5.41, 5.74) is 2.08. The molecule has 0 aromatic carbocycles. The zero-order chi connectivity index (χ0) is 8.55. The third-order valence-electron chi connectivity index (χ3n) is 2.26. The van der Waals surface area contributed by atoms with Crippen molar-refractivity contribution >= 4 is 11.5 Å². The average molecular weight is 161 g/mol. The number of Topliss-reactive ketones (excluding diaryl/α,β-unsaturated/α-hetero) is 1. The lowest BCUT2D eigenvalue weighted by Crippen LogP contribution is -2.01. The van der Waals surface area contributed by atoms with Crippen molar-refractivity contribution < 1.29 is 4.79 Å². The Labute approximate surface area is 71.5 Å². The van der Waals surface area contributed by atoms with Gasteiger partial charge in [0.15, 0.2) is 5.78 Å². The summed E-state index contributed by atoms with van der Waals surface area (Å²) in [7, 11) is 0. The van der Waals surface area contributed by atoms with Crippen molar-refractivity contribution in [3.8, 4) is 0 Å². The zero-order valence-corrected chi connectivity index (χ0v) is 7.08. The van der Waals surface area contributed by atoms with E-state index in [1.807, 2.05) is 36.0 Å². The molecule has 0 bridgehead atoms. The minimum absolute atomic E-state index is 0.267. The van der Waals surface area contributed by atoms with Crippen LogP contribution >= 0.6 is 0 Å². The van der Waals surface area contributed by atoms with E-state index in [2.05, 4.69) is 0 Å². The fourth-order valence-corrected chi connectivity index (χ4v) is 1.62. The van der Waals surface area contributed by atoms with Crippen LogP contribution in [0.15, 0.2) is 30.1 Å². The van der Waals surface area contributed by atoms with Crippen LogP contribution in [-0.2, 0) is 4.79 Å². The maximum atomic E-state index is 11.4. The van der Waals surface area contributed by atoms with Crippen LogP contribution in [0.5, 0.6) is 0 Å². The van der Waals surface area contributed by atoms with Gasteiger partial charge in [0, 0.05) is 18.8 Å². The minimum atomic E-state index is 0.267. The van der Waals surface area contributed by atoms with Gasteiger partial charge < -0.3 is 4.57 Å². The van der Waals surface area contributed by atoms with Crippen LogP contribution in [0.25, 0.3) is 5.70 Å². The molecule has 1 heterocycles. The molecule has 1 aromatic rings. The number of ketones is 1. The predicted molar refractivity (Wildman–Crippen MR) is 47.6 cm³/mol. The zero-order valence-electron chi connectivity index (χ0n) is 7.08. The first-order chi connectivity index (χ1) is 5.79. The molecule has 0 fully saturated rings. The fourth-order valence-electron chi connectivity index (χ4n) is 1.62. The molecule has 0 N–H and O–H groups in total. The Kier molecular flexibility index (Phi) is 1.61. The molecular weight excluding hydrogens is 150 g/mol. The number of allylic oxidation sites excluding steroid dienone is 2. The summed E-state index contributed by atoms with van der Waals surface area (Å²) < 4.78 is 1.91. The molecule has 12 heavy (non-hydrogen) atoms. The Morgan fingerprint density at radius 2 is 1.92 bits per heavy atom. The monoisotopic (exact) mass is 161 g/mol. The predicted octanol–water partition coefficient (Wildman–Crippen LogP) is 2.08. The molecule has 2 nitrogen and oxygen atoms in total. The van der Waals surface area contributed by atoms with E-state index in [4.69, 9.17) is 0 Å². The maximum absolute atomic E-state index is 11.4. The summed E-state index contributed by atoms with van der Waals surface area (Å²) in [6, 6.07) is 3.87. The van der Waals surface area contributed by atoms with E-state index in [0.29, 0.717) is 6.42 Å². The summed E-state index contributed by atoms with van der Waals surface area (Å²) in [4.78, 5) is 11.4. The smallest absolute Gasteiger partial charge is 0.179 e. The summed E-state index contributed by atoms with van der Waals surface area (Å²) >= 11 is 0.